The average molecular weight is 269 g/mol. The molecule has 10 nitrogen and oxygen atoms in total. The van der Waals surface area contributed by atoms with Crippen molar-refractivity contribution in [1.29, 1.82) is 0 Å². The molecule has 94 valence electrons. The predicted octanol–water partition coefficient (Wildman–Crippen LogP) is -1.43. The van der Waals surface area contributed by atoms with Crippen LogP contribution in [0.1, 0.15) is 0 Å². The summed E-state index contributed by atoms with van der Waals surface area (Å²) in [5.41, 5.74) is 4.97. The number of nitrogens with zero attached hydrogens (tertiary/aromatic N) is 5. The van der Waals surface area contributed by atoms with Crippen molar-refractivity contribution in [2.24, 2.45) is 0 Å². The number of nitrogens with one attached hydrogen (secondary N) is 1. The Bertz CT molecular complexity index is 636. The molecule has 2 aromatic rings. The largest absolute Gasteiger partial charge is 0.480 e. The number of nitrogen functional groups attached to an aromatic ring is 1. The van der Waals surface area contributed by atoms with Crippen LogP contribution in [-0.2, 0) is 11.3 Å². The first-order chi connectivity index (χ1) is 8.58. The third-order valence-corrected chi connectivity index (χ3v) is 2.82. The molecule has 2 heterocycles. The molecule has 4 N–H and O–H groups in total. The Morgan fingerprint density at radius 3 is 3.11 bits per heavy atom. The molecule has 2 rings (SSSR count). The summed E-state index contributed by atoms with van der Waals surface area (Å²) in [6.45, 7) is -0.390. The number of carbonyl (C=O) groups is 1. The highest BCUT2D eigenvalue weighted by atomic mass is 32.2. The molecule has 0 unspecified atom stereocenters. The molecule has 0 aliphatic heterocycles. The number of aliphatic carboxylic acids is 1. The molecule has 0 fully saturated rings. The van der Waals surface area contributed by atoms with Gasteiger partial charge in [0.15, 0.2) is 0 Å². The molecule has 0 amide bonds. The molecule has 0 saturated carbocycles. The van der Waals surface area contributed by atoms with E-state index in [2.05, 4.69) is 25.5 Å². The van der Waals surface area contributed by atoms with Crippen molar-refractivity contribution in [3.05, 3.63) is 16.7 Å². The fourth-order valence-electron chi connectivity index (χ4n) is 1.06. The summed E-state index contributed by atoms with van der Waals surface area (Å²) in [5, 5.41) is 19.5. The average Bonchev–Trinajstić information content (AvgIpc) is 2.72. The highest BCUT2D eigenvalue weighted by molar-refractivity contribution is 7.99. The van der Waals surface area contributed by atoms with E-state index in [1.165, 1.54) is 6.33 Å². The van der Waals surface area contributed by atoms with Crippen molar-refractivity contribution in [2.75, 3.05) is 5.73 Å². The summed E-state index contributed by atoms with van der Waals surface area (Å²) < 4.78 is 1.06. The van der Waals surface area contributed by atoms with Crippen molar-refractivity contribution in [3.63, 3.8) is 0 Å². The highest BCUT2D eigenvalue weighted by Gasteiger charge is 2.14. The van der Waals surface area contributed by atoms with Crippen LogP contribution in [0.3, 0.4) is 0 Å². The zero-order valence-electron chi connectivity index (χ0n) is 8.77. The number of anilines is 1. The maximum absolute atomic E-state index is 11.2. The van der Waals surface area contributed by atoms with Crippen LogP contribution in [0.25, 0.3) is 0 Å². The van der Waals surface area contributed by atoms with Gasteiger partial charge in [0.2, 0.25) is 5.16 Å². The van der Waals surface area contributed by atoms with Gasteiger partial charge in [0.05, 0.1) is 6.33 Å². The highest BCUT2D eigenvalue weighted by Crippen LogP contribution is 2.25. The molecule has 0 aromatic carbocycles. The first kappa shape index (κ1) is 12.0. The lowest BCUT2D eigenvalue weighted by atomic mass is 10.5. The van der Waals surface area contributed by atoms with E-state index >= 15 is 0 Å². The van der Waals surface area contributed by atoms with Crippen molar-refractivity contribution < 1.29 is 9.90 Å². The van der Waals surface area contributed by atoms with Gasteiger partial charge in [-0.2, -0.15) is 0 Å². The van der Waals surface area contributed by atoms with Gasteiger partial charge in [0.25, 0.3) is 5.56 Å². The number of H-pyrrole nitrogens is 1. The second kappa shape index (κ2) is 4.83. The van der Waals surface area contributed by atoms with Crippen LogP contribution in [0.4, 0.5) is 5.69 Å². The summed E-state index contributed by atoms with van der Waals surface area (Å²) in [6, 6.07) is 0. The van der Waals surface area contributed by atoms with Crippen LogP contribution in [0, 0.1) is 0 Å². The number of tetrazole rings is 1. The SMILES string of the molecule is Nc1c(Sc2nnnn2CC(=O)O)nc[nH]c1=O. The standard InChI is InChI=1S/C7H7N7O3S/c8-4-5(17)9-2-10-6(4)18-7-11-12-13-14(7)1-3(15)16/h2H,1,8H2,(H,15,16)(H,9,10,17). The van der Waals surface area contributed by atoms with E-state index in [4.69, 9.17) is 10.8 Å². The molecule has 2 aromatic heterocycles. The van der Waals surface area contributed by atoms with Crippen LogP contribution >= 0.6 is 11.8 Å². The minimum absolute atomic E-state index is 0.0765. The van der Waals surface area contributed by atoms with Crippen molar-refractivity contribution >= 4 is 23.4 Å². The van der Waals surface area contributed by atoms with Gasteiger partial charge in [-0.3, -0.25) is 9.59 Å². The number of carboxylic acid groups (broad SMARTS) is 1. The lowest BCUT2D eigenvalue weighted by molar-refractivity contribution is -0.138. The van der Waals surface area contributed by atoms with E-state index in [1.807, 2.05) is 0 Å². The van der Waals surface area contributed by atoms with E-state index in [0.29, 0.717) is 0 Å². The first-order valence-corrected chi connectivity index (χ1v) is 5.38. The van der Waals surface area contributed by atoms with Gasteiger partial charge < -0.3 is 15.8 Å². The Kier molecular flexibility index (Phi) is 3.23. The second-order valence-corrected chi connectivity index (χ2v) is 4.02. The summed E-state index contributed by atoms with van der Waals surface area (Å²) in [7, 11) is 0. The Balaban J connectivity index is 2.29. The van der Waals surface area contributed by atoms with E-state index < -0.39 is 18.1 Å². The van der Waals surface area contributed by atoms with Crippen LogP contribution < -0.4 is 11.3 Å². The minimum atomic E-state index is -1.09. The first-order valence-electron chi connectivity index (χ1n) is 4.57. The zero-order chi connectivity index (χ0) is 13.1. The summed E-state index contributed by atoms with van der Waals surface area (Å²) >= 11 is 0.911. The lowest BCUT2D eigenvalue weighted by Gasteiger charge is -2.02. The second-order valence-electron chi connectivity index (χ2n) is 3.07. The van der Waals surface area contributed by atoms with Crippen LogP contribution in [-0.4, -0.2) is 41.3 Å². The van der Waals surface area contributed by atoms with Crippen LogP contribution in [0.15, 0.2) is 21.3 Å². The number of carboxylic acids is 1. The van der Waals surface area contributed by atoms with Crippen LogP contribution in [0.2, 0.25) is 0 Å². The minimum Gasteiger partial charge on any atom is -0.480 e. The molecule has 0 bridgehead atoms. The van der Waals surface area contributed by atoms with Gasteiger partial charge in [-0.15, -0.1) is 5.10 Å². The summed E-state index contributed by atoms with van der Waals surface area (Å²) in [6.07, 6.45) is 1.19. The van der Waals surface area contributed by atoms with Gasteiger partial charge in [-0.25, -0.2) is 9.67 Å². The van der Waals surface area contributed by atoms with Gasteiger partial charge in [-0.05, 0) is 22.2 Å². The maximum atomic E-state index is 11.2. The number of hydrogen-bond acceptors (Lipinski definition) is 8. The summed E-state index contributed by atoms with van der Waals surface area (Å²) in [4.78, 5) is 28.0. The molecule has 11 heteroatoms. The smallest absolute Gasteiger partial charge is 0.325 e. The lowest BCUT2D eigenvalue weighted by Crippen LogP contribution is -2.14. The monoisotopic (exact) mass is 269 g/mol. The molecule has 0 radical (unpaired) electrons. The fourth-order valence-corrected chi connectivity index (χ4v) is 1.82. The van der Waals surface area contributed by atoms with Crippen molar-refractivity contribution in [2.45, 2.75) is 16.7 Å². The number of aromatic amines is 1. The third-order valence-electron chi connectivity index (χ3n) is 1.82. The van der Waals surface area contributed by atoms with Gasteiger partial charge >= 0.3 is 5.97 Å². The quantitative estimate of drug-likeness (QED) is 0.567. The molecule has 0 spiro atoms. The number of nitrogens with two attached hydrogens (primary N) is 1. The molecule has 18 heavy (non-hydrogen) atoms. The van der Waals surface area contributed by atoms with Crippen molar-refractivity contribution in [1.82, 2.24) is 30.2 Å². The number of rotatable bonds is 4. The predicted molar refractivity (Wildman–Crippen MR) is 58.8 cm³/mol. The molecular weight excluding hydrogens is 262 g/mol. The molecule has 0 aliphatic carbocycles. The normalized spacial score (nSPS) is 10.4. The van der Waals surface area contributed by atoms with E-state index in [9.17, 15) is 9.59 Å². The number of hydrogen-bond donors (Lipinski definition) is 3. The Morgan fingerprint density at radius 2 is 2.39 bits per heavy atom. The van der Waals surface area contributed by atoms with E-state index in [-0.39, 0.29) is 15.9 Å². The number of aromatic nitrogens is 6. The van der Waals surface area contributed by atoms with Gasteiger partial charge in [0.1, 0.15) is 17.3 Å². The van der Waals surface area contributed by atoms with E-state index in [0.717, 1.165) is 16.4 Å². The molecule has 0 aliphatic rings. The fraction of sp³-hybridized carbons (Fsp3) is 0.143. The van der Waals surface area contributed by atoms with Gasteiger partial charge in [0, 0.05) is 0 Å². The topological polar surface area (TPSA) is 153 Å². The Hall–Kier alpha value is -2.43. The maximum Gasteiger partial charge on any atom is 0.325 e. The van der Waals surface area contributed by atoms with Crippen molar-refractivity contribution in [3.8, 4) is 0 Å². The Morgan fingerprint density at radius 1 is 1.61 bits per heavy atom. The zero-order valence-corrected chi connectivity index (χ0v) is 9.59. The summed E-state index contributed by atoms with van der Waals surface area (Å²) in [5.74, 6) is -1.09. The molecule has 0 atom stereocenters. The van der Waals surface area contributed by atoms with E-state index in [1.54, 1.807) is 0 Å². The third kappa shape index (κ3) is 2.45. The van der Waals surface area contributed by atoms with Crippen LogP contribution in [0.5, 0.6) is 0 Å². The molecular formula is C7H7N7O3S. The van der Waals surface area contributed by atoms with Gasteiger partial charge in [-0.1, -0.05) is 0 Å². The molecule has 0 saturated heterocycles. The Labute approximate surface area is 103 Å².